The highest BCUT2D eigenvalue weighted by Crippen LogP contribution is 2.19. The topological polar surface area (TPSA) is 64.1 Å². The molecule has 27 heavy (non-hydrogen) atoms. The molecule has 2 aromatic carbocycles. The van der Waals surface area contributed by atoms with Crippen molar-refractivity contribution in [2.45, 2.75) is 20.1 Å². The number of rotatable bonds is 9. The molecular formula is C21H29N3O3. The zero-order valence-corrected chi connectivity index (χ0v) is 16.5. The highest BCUT2D eigenvalue weighted by Gasteiger charge is 2.05. The maximum atomic E-state index is 5.72. The molecule has 2 rings (SSSR count). The van der Waals surface area contributed by atoms with E-state index in [0.29, 0.717) is 26.3 Å². The van der Waals surface area contributed by atoms with Crippen LogP contribution in [-0.4, -0.2) is 40.4 Å². The first-order chi connectivity index (χ1) is 13.2. The Bertz CT molecular complexity index is 747. The van der Waals surface area contributed by atoms with E-state index in [1.54, 1.807) is 21.3 Å². The van der Waals surface area contributed by atoms with E-state index in [4.69, 9.17) is 14.2 Å². The first-order valence-corrected chi connectivity index (χ1v) is 8.95. The summed E-state index contributed by atoms with van der Waals surface area (Å²) in [4.78, 5) is 4.24. The normalized spacial score (nSPS) is 11.2. The molecule has 0 spiro atoms. The standard InChI is InChI=1S/C21H29N3O3/c1-16-9-10-17(20(13-16)26-4)14-24-21(22-2)23-11-12-27-15-18-7-5-6-8-19(18)25-3/h5-10,13H,11-12,14-15H2,1-4H3,(H2,22,23,24). The fraction of sp³-hybridized carbons (Fsp3) is 0.381. The fourth-order valence-electron chi connectivity index (χ4n) is 2.64. The average Bonchev–Trinajstić information content (AvgIpc) is 2.70. The van der Waals surface area contributed by atoms with Crippen LogP contribution in [0.1, 0.15) is 16.7 Å². The number of hydrogen-bond acceptors (Lipinski definition) is 4. The summed E-state index contributed by atoms with van der Waals surface area (Å²) >= 11 is 0. The minimum absolute atomic E-state index is 0.512. The van der Waals surface area contributed by atoms with E-state index in [2.05, 4.69) is 27.8 Å². The van der Waals surface area contributed by atoms with Gasteiger partial charge in [-0.25, -0.2) is 0 Å². The van der Waals surface area contributed by atoms with Gasteiger partial charge in [-0.15, -0.1) is 0 Å². The van der Waals surface area contributed by atoms with Gasteiger partial charge < -0.3 is 24.8 Å². The van der Waals surface area contributed by atoms with Crippen LogP contribution in [0, 0.1) is 6.92 Å². The maximum absolute atomic E-state index is 5.72. The van der Waals surface area contributed by atoms with Crippen molar-refractivity contribution < 1.29 is 14.2 Å². The third kappa shape index (κ3) is 6.49. The minimum atomic E-state index is 0.512. The number of ether oxygens (including phenoxy) is 3. The number of para-hydroxylation sites is 1. The Labute approximate surface area is 161 Å². The first kappa shape index (κ1) is 20.6. The molecular weight excluding hydrogens is 342 g/mol. The van der Waals surface area contributed by atoms with Gasteiger partial charge in [0.2, 0.25) is 0 Å². The van der Waals surface area contributed by atoms with Crippen molar-refractivity contribution in [3.05, 3.63) is 59.2 Å². The predicted molar refractivity (Wildman–Crippen MR) is 109 cm³/mol. The molecule has 0 unspecified atom stereocenters. The Morgan fingerprint density at radius 1 is 0.963 bits per heavy atom. The van der Waals surface area contributed by atoms with Crippen LogP contribution in [0.25, 0.3) is 0 Å². The van der Waals surface area contributed by atoms with Crippen molar-refractivity contribution >= 4 is 5.96 Å². The molecule has 6 nitrogen and oxygen atoms in total. The summed E-state index contributed by atoms with van der Waals surface area (Å²) in [6, 6.07) is 14.0. The summed E-state index contributed by atoms with van der Waals surface area (Å²) < 4.78 is 16.5. The van der Waals surface area contributed by atoms with E-state index in [-0.39, 0.29) is 0 Å². The molecule has 146 valence electrons. The molecule has 0 bridgehead atoms. The van der Waals surface area contributed by atoms with E-state index in [1.807, 2.05) is 37.3 Å². The van der Waals surface area contributed by atoms with Gasteiger partial charge in [-0.05, 0) is 24.6 Å². The highest BCUT2D eigenvalue weighted by molar-refractivity contribution is 5.79. The molecule has 0 aliphatic heterocycles. The van der Waals surface area contributed by atoms with Crippen LogP contribution < -0.4 is 20.1 Å². The quantitative estimate of drug-likeness (QED) is 0.403. The molecule has 0 fully saturated rings. The number of methoxy groups -OCH3 is 2. The van der Waals surface area contributed by atoms with Crippen molar-refractivity contribution in [1.29, 1.82) is 0 Å². The van der Waals surface area contributed by atoms with Gasteiger partial charge in [-0.1, -0.05) is 30.3 Å². The van der Waals surface area contributed by atoms with Gasteiger partial charge in [-0.3, -0.25) is 4.99 Å². The number of aliphatic imine (C=N–C) groups is 1. The monoisotopic (exact) mass is 371 g/mol. The SMILES string of the molecule is CN=C(NCCOCc1ccccc1OC)NCc1ccc(C)cc1OC. The van der Waals surface area contributed by atoms with Gasteiger partial charge in [0.05, 0.1) is 27.4 Å². The summed E-state index contributed by atoms with van der Waals surface area (Å²) in [5.41, 5.74) is 3.29. The second kappa shape index (κ2) is 11.1. The van der Waals surface area contributed by atoms with Crippen LogP contribution >= 0.6 is 0 Å². The van der Waals surface area contributed by atoms with E-state index in [1.165, 1.54) is 5.56 Å². The molecule has 0 aliphatic carbocycles. The minimum Gasteiger partial charge on any atom is -0.496 e. The second-order valence-electron chi connectivity index (χ2n) is 6.03. The van der Waals surface area contributed by atoms with E-state index >= 15 is 0 Å². The summed E-state index contributed by atoms with van der Waals surface area (Å²) in [7, 11) is 5.10. The number of guanidine groups is 1. The van der Waals surface area contributed by atoms with Gasteiger partial charge in [0.1, 0.15) is 11.5 Å². The van der Waals surface area contributed by atoms with E-state index in [9.17, 15) is 0 Å². The number of nitrogens with one attached hydrogen (secondary N) is 2. The zero-order chi connectivity index (χ0) is 19.5. The lowest BCUT2D eigenvalue weighted by Gasteiger charge is -2.14. The van der Waals surface area contributed by atoms with Crippen molar-refractivity contribution in [3.63, 3.8) is 0 Å². The van der Waals surface area contributed by atoms with Crippen molar-refractivity contribution in [1.82, 2.24) is 10.6 Å². The summed E-state index contributed by atoms with van der Waals surface area (Å²) in [6.07, 6.45) is 0. The van der Waals surface area contributed by atoms with Gasteiger partial charge in [0.25, 0.3) is 0 Å². The molecule has 0 amide bonds. The van der Waals surface area contributed by atoms with Crippen molar-refractivity contribution in [2.24, 2.45) is 4.99 Å². The van der Waals surface area contributed by atoms with Crippen molar-refractivity contribution in [3.8, 4) is 11.5 Å². The first-order valence-electron chi connectivity index (χ1n) is 8.95. The zero-order valence-electron chi connectivity index (χ0n) is 16.5. The van der Waals surface area contributed by atoms with Crippen LogP contribution in [0.2, 0.25) is 0 Å². The smallest absolute Gasteiger partial charge is 0.191 e. The number of aryl methyl sites for hydroxylation is 1. The van der Waals surface area contributed by atoms with Crippen molar-refractivity contribution in [2.75, 3.05) is 34.4 Å². The van der Waals surface area contributed by atoms with E-state index < -0.39 is 0 Å². The molecule has 0 saturated heterocycles. The largest absolute Gasteiger partial charge is 0.496 e. The summed E-state index contributed by atoms with van der Waals surface area (Å²) in [6.45, 7) is 4.40. The third-order valence-corrected chi connectivity index (χ3v) is 4.10. The number of benzene rings is 2. The van der Waals surface area contributed by atoms with Crippen LogP contribution in [-0.2, 0) is 17.9 Å². The molecule has 6 heteroatoms. The highest BCUT2D eigenvalue weighted by atomic mass is 16.5. The molecule has 2 aromatic rings. The molecule has 0 heterocycles. The Balaban J connectivity index is 1.73. The third-order valence-electron chi connectivity index (χ3n) is 4.10. The van der Waals surface area contributed by atoms with Crippen LogP contribution in [0.3, 0.4) is 0 Å². The van der Waals surface area contributed by atoms with E-state index in [0.717, 1.165) is 28.6 Å². The van der Waals surface area contributed by atoms with Crippen LogP contribution in [0.4, 0.5) is 0 Å². The number of nitrogens with zero attached hydrogens (tertiary/aromatic N) is 1. The Morgan fingerprint density at radius 3 is 2.48 bits per heavy atom. The van der Waals surface area contributed by atoms with Gasteiger partial charge in [-0.2, -0.15) is 0 Å². The lowest BCUT2D eigenvalue weighted by molar-refractivity contribution is 0.123. The van der Waals surface area contributed by atoms with Crippen LogP contribution in [0.15, 0.2) is 47.5 Å². The molecule has 0 aromatic heterocycles. The Hall–Kier alpha value is -2.73. The molecule has 2 N–H and O–H groups in total. The number of hydrogen-bond donors (Lipinski definition) is 2. The second-order valence-corrected chi connectivity index (χ2v) is 6.03. The Morgan fingerprint density at radius 2 is 1.74 bits per heavy atom. The Kier molecular flexibility index (Phi) is 8.45. The van der Waals surface area contributed by atoms with Gasteiger partial charge >= 0.3 is 0 Å². The maximum Gasteiger partial charge on any atom is 0.191 e. The molecule has 0 radical (unpaired) electrons. The lowest BCUT2D eigenvalue weighted by atomic mass is 10.1. The summed E-state index contributed by atoms with van der Waals surface area (Å²) in [5, 5.41) is 6.54. The van der Waals surface area contributed by atoms with Gasteiger partial charge in [0, 0.05) is 31.3 Å². The fourth-order valence-corrected chi connectivity index (χ4v) is 2.64. The molecule has 0 aliphatic rings. The molecule has 0 saturated carbocycles. The predicted octanol–water partition coefficient (Wildman–Crippen LogP) is 2.89. The molecule has 0 atom stereocenters. The summed E-state index contributed by atoms with van der Waals surface area (Å²) in [5.74, 6) is 2.44. The van der Waals surface area contributed by atoms with Gasteiger partial charge in [0.15, 0.2) is 5.96 Å². The average molecular weight is 371 g/mol. The van der Waals surface area contributed by atoms with Crippen LogP contribution in [0.5, 0.6) is 11.5 Å². The lowest BCUT2D eigenvalue weighted by Crippen LogP contribution is -2.38.